The zero-order valence-corrected chi connectivity index (χ0v) is 36.2. The van der Waals surface area contributed by atoms with Gasteiger partial charge in [0.25, 0.3) is 0 Å². The molecule has 0 spiro atoms. The predicted octanol–water partition coefficient (Wildman–Crippen LogP) is 9.88. The van der Waals surface area contributed by atoms with Crippen LogP contribution in [-0.4, -0.2) is 80.5 Å². The normalized spacial score (nSPS) is 13.8. The van der Waals surface area contributed by atoms with Crippen molar-refractivity contribution in [1.29, 1.82) is 0 Å². The van der Waals surface area contributed by atoms with Crippen LogP contribution in [0.1, 0.15) is 102 Å². The fourth-order valence-corrected chi connectivity index (χ4v) is 7.73. The molecule has 1 unspecified atom stereocenters. The molecule has 0 saturated carbocycles. The molecule has 0 aromatic heterocycles. The number of likely N-dealkylation sites (tertiary alicyclic amines) is 1. The van der Waals surface area contributed by atoms with E-state index in [-0.39, 0.29) is 11.8 Å². The number of hydrogen-bond acceptors (Lipinski definition) is 6. The van der Waals surface area contributed by atoms with Crippen LogP contribution in [0.2, 0.25) is 0 Å². The number of carbonyl (C=O) groups excluding carboxylic acids is 3. The second kappa shape index (κ2) is 26.1. The van der Waals surface area contributed by atoms with Crippen LogP contribution in [0.3, 0.4) is 0 Å². The average Bonchev–Trinajstić information content (AvgIpc) is 3.58. The van der Waals surface area contributed by atoms with Gasteiger partial charge in [0.05, 0.1) is 18.9 Å². The predicted molar refractivity (Wildman–Crippen MR) is 241 cm³/mol. The van der Waals surface area contributed by atoms with Gasteiger partial charge < -0.3 is 29.9 Å². The lowest BCUT2D eigenvalue weighted by molar-refractivity contribution is -0.122. The Balaban J connectivity index is 0.000000268. The number of amides is 3. The molecule has 9 nitrogen and oxygen atoms in total. The molecule has 6 rings (SSSR count). The van der Waals surface area contributed by atoms with Crippen LogP contribution in [0, 0.1) is 12.8 Å². The molecule has 2 aliphatic rings. The van der Waals surface area contributed by atoms with Crippen molar-refractivity contribution in [2.75, 3.05) is 51.3 Å². The number of piperidine rings is 1. The smallest absolute Gasteiger partial charge is 0.247 e. The van der Waals surface area contributed by atoms with Crippen LogP contribution in [0.5, 0.6) is 11.5 Å². The maximum atomic E-state index is 13.1. The molecule has 1 heterocycles. The molecular formula is C50H68N4O5. The van der Waals surface area contributed by atoms with E-state index in [0.717, 1.165) is 58.1 Å². The summed E-state index contributed by atoms with van der Waals surface area (Å²) in [6.45, 7) is 16.3. The number of nitrogens with zero attached hydrogens (tertiary/aromatic N) is 2. The number of nitrogens with one attached hydrogen (secondary N) is 2. The SMILES string of the molecule is CCCC1c2ccccc2-c2ccccc21.CCCCOc1cc(OCCCN(CC)CC)ccc1NC(=O)C(CC1CCN(C=O)CC1)NC=O.Cc1ccccc1. The minimum atomic E-state index is -0.658. The van der Waals surface area contributed by atoms with Gasteiger partial charge in [-0.3, -0.25) is 14.4 Å². The number of anilines is 1. The van der Waals surface area contributed by atoms with Gasteiger partial charge in [-0.1, -0.05) is 125 Å². The van der Waals surface area contributed by atoms with E-state index >= 15 is 0 Å². The Bertz CT molecular complexity index is 1780. The summed E-state index contributed by atoms with van der Waals surface area (Å²) in [5.41, 5.74) is 7.80. The summed E-state index contributed by atoms with van der Waals surface area (Å²) in [4.78, 5) is 39.4. The summed E-state index contributed by atoms with van der Waals surface area (Å²) in [7, 11) is 0. The van der Waals surface area contributed by atoms with Crippen molar-refractivity contribution in [3.05, 3.63) is 114 Å². The highest BCUT2D eigenvalue weighted by Crippen LogP contribution is 2.46. The standard InChI is InChI=1S/C27H44N4O5.C16H16.C7H8/c1-4-7-16-36-26-19-23(35-17-8-13-30(5-2)6-3)9-10-24(26)29-27(34)25(28-20-32)18-22-11-14-31(21-33)15-12-22;1-2-7-12-13-8-3-5-10-15(13)16-11-6-4-9-14(12)16;1-7-5-3-2-4-6-7/h9-10,19-22,25H,4-8,11-18H2,1-3H3,(H,28,32)(H,29,34);3-6,8-12H,2,7H2,1H3;2-6H,1H3. The van der Waals surface area contributed by atoms with Gasteiger partial charge in [0.2, 0.25) is 18.7 Å². The molecule has 1 aliphatic carbocycles. The first kappa shape index (κ1) is 46.5. The maximum Gasteiger partial charge on any atom is 0.247 e. The van der Waals surface area contributed by atoms with Gasteiger partial charge in [-0.25, -0.2) is 0 Å². The summed E-state index contributed by atoms with van der Waals surface area (Å²) >= 11 is 0. The van der Waals surface area contributed by atoms with Crippen molar-refractivity contribution in [1.82, 2.24) is 15.1 Å². The van der Waals surface area contributed by atoms with E-state index in [1.165, 1.54) is 40.7 Å². The number of carbonyl (C=O) groups is 3. The van der Waals surface area contributed by atoms with E-state index in [1.807, 2.05) is 30.3 Å². The van der Waals surface area contributed by atoms with Crippen molar-refractivity contribution in [2.45, 2.75) is 97.9 Å². The molecule has 9 heteroatoms. The molecule has 4 aromatic rings. The summed E-state index contributed by atoms with van der Waals surface area (Å²) in [5, 5.41) is 5.61. The third-order valence-corrected chi connectivity index (χ3v) is 11.2. The largest absolute Gasteiger partial charge is 0.493 e. The molecule has 1 saturated heterocycles. The highest BCUT2D eigenvalue weighted by molar-refractivity contribution is 5.97. The fourth-order valence-electron chi connectivity index (χ4n) is 7.73. The number of ether oxygens (including phenoxy) is 2. The van der Waals surface area contributed by atoms with Crippen LogP contribution < -0.4 is 20.1 Å². The maximum absolute atomic E-state index is 13.1. The van der Waals surface area contributed by atoms with Crippen LogP contribution in [0.4, 0.5) is 5.69 Å². The van der Waals surface area contributed by atoms with Crippen LogP contribution in [-0.2, 0) is 14.4 Å². The van der Waals surface area contributed by atoms with Crippen molar-refractivity contribution >= 4 is 24.4 Å². The zero-order valence-electron chi connectivity index (χ0n) is 36.2. The van der Waals surface area contributed by atoms with Crippen LogP contribution >= 0.6 is 0 Å². The molecule has 59 heavy (non-hydrogen) atoms. The summed E-state index contributed by atoms with van der Waals surface area (Å²) in [6.07, 6.45) is 8.91. The minimum Gasteiger partial charge on any atom is -0.493 e. The number of aryl methyl sites for hydroxylation is 1. The third kappa shape index (κ3) is 14.9. The molecule has 4 aromatic carbocycles. The highest BCUT2D eigenvalue weighted by atomic mass is 16.5. The van der Waals surface area contributed by atoms with Gasteiger partial charge in [-0.15, -0.1) is 0 Å². The lowest BCUT2D eigenvalue weighted by Gasteiger charge is -2.31. The molecule has 0 bridgehead atoms. The van der Waals surface area contributed by atoms with Gasteiger partial charge in [-0.05, 0) is 98.8 Å². The van der Waals surface area contributed by atoms with Crippen molar-refractivity contribution in [3.63, 3.8) is 0 Å². The number of hydrogen-bond donors (Lipinski definition) is 2. The number of rotatable bonds is 20. The van der Waals surface area contributed by atoms with Crippen molar-refractivity contribution in [2.24, 2.45) is 5.92 Å². The average molecular weight is 805 g/mol. The summed E-state index contributed by atoms with van der Waals surface area (Å²) < 4.78 is 11.9. The Morgan fingerprint density at radius 2 is 1.42 bits per heavy atom. The van der Waals surface area contributed by atoms with E-state index in [2.05, 4.69) is 111 Å². The summed E-state index contributed by atoms with van der Waals surface area (Å²) in [5.74, 6) is 1.85. The van der Waals surface area contributed by atoms with Gasteiger partial charge in [0.1, 0.15) is 17.5 Å². The Morgan fingerprint density at radius 1 is 0.797 bits per heavy atom. The second-order valence-corrected chi connectivity index (χ2v) is 15.4. The van der Waals surface area contributed by atoms with Crippen LogP contribution in [0.15, 0.2) is 97.1 Å². The van der Waals surface area contributed by atoms with E-state index in [4.69, 9.17) is 9.47 Å². The first-order valence-corrected chi connectivity index (χ1v) is 21.9. The number of benzene rings is 4. The van der Waals surface area contributed by atoms with E-state index in [1.54, 1.807) is 11.0 Å². The topological polar surface area (TPSA) is 100 Å². The Kier molecular flexibility index (Phi) is 20.5. The zero-order chi connectivity index (χ0) is 42.2. The quantitative estimate of drug-likeness (QED) is 0.0682. The van der Waals surface area contributed by atoms with Crippen molar-refractivity contribution < 1.29 is 23.9 Å². The van der Waals surface area contributed by atoms with Gasteiger partial charge in [-0.2, -0.15) is 0 Å². The molecule has 1 aliphatic heterocycles. The van der Waals surface area contributed by atoms with E-state index < -0.39 is 6.04 Å². The van der Waals surface area contributed by atoms with Gasteiger partial charge >= 0.3 is 0 Å². The first-order chi connectivity index (χ1) is 28.8. The summed E-state index contributed by atoms with van der Waals surface area (Å²) in [6, 6.07) is 32.7. The molecule has 2 N–H and O–H groups in total. The minimum absolute atomic E-state index is 0.261. The van der Waals surface area contributed by atoms with E-state index in [0.29, 0.717) is 62.2 Å². The molecule has 1 fully saturated rings. The second-order valence-electron chi connectivity index (χ2n) is 15.4. The lowest BCUT2D eigenvalue weighted by atomic mass is 9.90. The molecular weight excluding hydrogens is 737 g/mol. The molecule has 0 radical (unpaired) electrons. The third-order valence-electron chi connectivity index (χ3n) is 11.2. The Labute approximate surface area is 353 Å². The lowest BCUT2D eigenvalue weighted by Crippen LogP contribution is -2.43. The fraction of sp³-hybridized carbons (Fsp3) is 0.460. The molecule has 3 amide bonds. The highest BCUT2D eigenvalue weighted by Gasteiger charge is 2.28. The first-order valence-electron chi connectivity index (χ1n) is 21.9. The Morgan fingerprint density at radius 3 is 1.98 bits per heavy atom. The van der Waals surface area contributed by atoms with Gasteiger partial charge in [0.15, 0.2) is 0 Å². The van der Waals surface area contributed by atoms with Crippen molar-refractivity contribution in [3.8, 4) is 22.6 Å². The van der Waals surface area contributed by atoms with E-state index in [9.17, 15) is 14.4 Å². The number of fused-ring (bicyclic) bond motifs is 3. The monoisotopic (exact) mass is 805 g/mol. The molecule has 318 valence electrons. The van der Waals surface area contributed by atoms with Crippen LogP contribution in [0.25, 0.3) is 11.1 Å². The molecule has 1 atom stereocenters. The Hall–Kier alpha value is -5.15. The number of unbranched alkanes of at least 4 members (excludes halogenated alkanes) is 1. The van der Waals surface area contributed by atoms with Gasteiger partial charge in [0, 0.05) is 31.6 Å².